The summed E-state index contributed by atoms with van der Waals surface area (Å²) < 4.78 is 55.3. The Morgan fingerprint density at radius 1 is 0.500 bits per heavy atom. The first-order chi connectivity index (χ1) is 44.8. The van der Waals surface area contributed by atoms with Crippen molar-refractivity contribution in [2.45, 2.75) is 37.1 Å². The zero-order valence-electron chi connectivity index (χ0n) is 52.3. The molecular weight excluding hydrogens is 1270 g/mol. The Balaban J connectivity index is 0.649. The van der Waals surface area contributed by atoms with Gasteiger partial charge in [-0.3, -0.25) is 19.6 Å². The van der Waals surface area contributed by atoms with Gasteiger partial charge in [0, 0.05) is 94.8 Å². The number of benzene rings is 4. The first-order valence-electron chi connectivity index (χ1n) is 30.6. The Morgan fingerprint density at radius 3 is 1.14 bits per heavy atom. The van der Waals surface area contributed by atoms with Crippen LogP contribution in [0.4, 0.5) is 0 Å². The van der Waals surface area contributed by atoms with Crippen LogP contribution in [0.15, 0.2) is 93.0 Å². The summed E-state index contributed by atoms with van der Waals surface area (Å²) in [6, 6.07) is 23.8. The number of carbonyl (C=O) groups excluding carboxylic acids is 2. The molecule has 2 heterocycles. The van der Waals surface area contributed by atoms with Crippen molar-refractivity contribution in [3.63, 3.8) is 0 Å². The molecule has 28 heteroatoms. The number of likely N-dealkylation sites (N-methyl/N-ethyl adjacent to an activating group) is 2. The van der Waals surface area contributed by atoms with Crippen molar-refractivity contribution in [1.82, 2.24) is 20.4 Å². The van der Waals surface area contributed by atoms with E-state index in [1.54, 1.807) is 24.6 Å². The molecule has 0 fully saturated rings. The predicted octanol–water partition coefficient (Wildman–Crippen LogP) is 4.74. The molecule has 2 aliphatic heterocycles. The highest BCUT2D eigenvalue weighted by Crippen LogP contribution is 2.40. The second kappa shape index (κ2) is 43.6. The Hall–Kier alpha value is -5.30. The second-order valence-corrected chi connectivity index (χ2v) is 23.0. The molecule has 92 heavy (non-hydrogen) atoms. The first-order valence-corrected chi connectivity index (χ1v) is 32.1. The van der Waals surface area contributed by atoms with Gasteiger partial charge in [0.1, 0.15) is 11.4 Å². The number of hydrogen-bond donors (Lipinski definition) is 6. The summed E-state index contributed by atoms with van der Waals surface area (Å²) in [5.74, 6) is 9.87. The highest BCUT2D eigenvalue weighted by Gasteiger charge is 2.31. The van der Waals surface area contributed by atoms with Gasteiger partial charge in [-0.25, -0.2) is 0 Å². The smallest absolute Gasteiger partial charge is 0.252 e. The van der Waals surface area contributed by atoms with Crippen molar-refractivity contribution in [1.29, 1.82) is 0 Å². The molecule has 4 aromatic carbocycles. The van der Waals surface area contributed by atoms with Gasteiger partial charge in [-0.15, -0.1) is 0 Å². The van der Waals surface area contributed by atoms with Gasteiger partial charge in [0.25, 0.3) is 11.8 Å². The normalized spacial score (nSPS) is 16.3. The quantitative estimate of drug-likeness (QED) is 0.0151. The lowest BCUT2D eigenvalue weighted by molar-refractivity contribution is -0.146. The van der Waals surface area contributed by atoms with E-state index in [1.165, 1.54) is 0 Å². The molecule has 0 spiro atoms. The standard InChI is InChI=1S/C64H88Cl4N10O14/c1-77-41-53(51-35-49(65)37-57(67)55(51)43-77)45-5-3-7-47(33-45)59(75-69)39-71-9-13-83-17-21-87-25-29-91-31-27-89-23-19-85-15-11-73-63(81)61(79)62(80)64(82)74-12-16-86-20-24-90-28-32-92-30-26-88-22-18-84-14-10-72-40-60(76-70)48-8-4-6-46(34-48)54-42-78(2)44-56-52(54)36-50(66)38-58(56)68/h3-8,33-40,53-54,61-62,79-80H,9-32,41-44,69-70H2,1-2H3,(H,73,81)(H,74,82)/t53-,54-,61+,62+/m0/s1. The summed E-state index contributed by atoms with van der Waals surface area (Å²) >= 11 is 25.9. The summed E-state index contributed by atoms with van der Waals surface area (Å²) in [6.45, 7) is 10.8. The summed E-state index contributed by atoms with van der Waals surface area (Å²) in [4.78, 5) is 38.0. The van der Waals surface area contributed by atoms with E-state index in [2.05, 4.69) is 79.0 Å². The maximum atomic E-state index is 12.3. The number of amides is 2. The summed E-state index contributed by atoms with van der Waals surface area (Å²) in [7, 11) is 4.15. The SMILES string of the molecule is CN1Cc2c(Cl)cc(Cl)cc2[C@H](c2cccc(C(C=NCCOCCOCCOCCOCCOCCNC(=O)[C@H](O)[C@@H](O)C(=O)NCCOCCOCCOCCOCCOCCN=CC(=NN)c3cccc([C@@H]4CN(C)Cc5c(Cl)cc(Cl)cc54)c3)=NN)c2)C1. The molecule has 24 nitrogen and oxygen atoms in total. The molecule has 0 bridgehead atoms. The monoisotopic (exact) mass is 1360 g/mol. The number of rotatable bonds is 45. The highest BCUT2D eigenvalue weighted by atomic mass is 35.5. The van der Waals surface area contributed by atoms with Gasteiger partial charge in [0.05, 0.1) is 145 Å². The molecule has 506 valence electrons. The topological polar surface area (TPSA) is 299 Å². The molecule has 0 saturated heterocycles. The fourth-order valence-corrected chi connectivity index (χ4v) is 11.1. The Labute approximate surface area is 558 Å². The average Bonchev–Trinajstić information content (AvgIpc) is 0.811. The third-order valence-corrected chi connectivity index (χ3v) is 15.6. The van der Waals surface area contributed by atoms with Crippen molar-refractivity contribution in [2.24, 2.45) is 31.9 Å². The van der Waals surface area contributed by atoms with E-state index in [0.29, 0.717) is 150 Å². The number of aliphatic hydroxyl groups is 2. The third kappa shape index (κ3) is 26.8. The largest absolute Gasteiger partial charge is 0.380 e. The van der Waals surface area contributed by atoms with Crippen LogP contribution >= 0.6 is 46.4 Å². The minimum absolute atomic E-state index is 0.0409. The number of fused-ring (bicyclic) bond motifs is 2. The van der Waals surface area contributed by atoms with Gasteiger partial charge in [0.15, 0.2) is 12.2 Å². The van der Waals surface area contributed by atoms with Gasteiger partial charge >= 0.3 is 0 Å². The molecule has 0 aliphatic carbocycles. The molecule has 0 saturated carbocycles. The van der Waals surface area contributed by atoms with Gasteiger partial charge in [-0.05, 0) is 83.9 Å². The van der Waals surface area contributed by atoms with E-state index in [1.807, 2.05) is 36.4 Å². The number of hydrazone groups is 2. The Morgan fingerprint density at radius 2 is 0.815 bits per heavy atom. The number of ether oxygens (including phenoxy) is 10. The molecule has 0 unspecified atom stereocenters. The van der Waals surface area contributed by atoms with Crippen molar-refractivity contribution in [2.75, 3.05) is 186 Å². The van der Waals surface area contributed by atoms with Crippen LogP contribution in [0.25, 0.3) is 0 Å². The van der Waals surface area contributed by atoms with Crippen LogP contribution in [0.2, 0.25) is 20.1 Å². The molecule has 4 aromatic rings. The molecule has 2 aliphatic rings. The molecular formula is C64H88Cl4N10O14. The number of carbonyl (C=O) groups is 2. The van der Waals surface area contributed by atoms with E-state index < -0.39 is 24.0 Å². The van der Waals surface area contributed by atoms with Crippen LogP contribution in [0.5, 0.6) is 0 Å². The van der Waals surface area contributed by atoms with Gasteiger partial charge in [0.2, 0.25) is 0 Å². The lowest BCUT2D eigenvalue weighted by atomic mass is 9.84. The lowest BCUT2D eigenvalue weighted by Crippen LogP contribution is -2.50. The molecule has 8 N–H and O–H groups in total. The molecule has 6 rings (SSSR count). The number of nitrogens with two attached hydrogens (primary N) is 2. The Bertz CT molecular complexity index is 2790. The van der Waals surface area contributed by atoms with Crippen molar-refractivity contribution in [3.8, 4) is 0 Å². The first kappa shape index (κ1) is 75.7. The number of nitrogens with one attached hydrogen (secondary N) is 2. The van der Waals surface area contributed by atoms with E-state index in [4.69, 9.17) is 105 Å². The maximum Gasteiger partial charge on any atom is 0.252 e. The number of aliphatic hydroxyl groups excluding tert-OH is 2. The van der Waals surface area contributed by atoms with Gasteiger partial charge in [-0.1, -0.05) is 82.8 Å². The van der Waals surface area contributed by atoms with Crippen LogP contribution in [0.3, 0.4) is 0 Å². The molecule has 4 atom stereocenters. The fourth-order valence-electron chi connectivity index (χ4n) is 9.94. The van der Waals surface area contributed by atoms with Crippen LogP contribution in [0, 0.1) is 0 Å². The fraction of sp³-hybridized carbons (Fsp3) is 0.531. The van der Waals surface area contributed by atoms with Crippen LogP contribution in [-0.2, 0) is 70.0 Å². The van der Waals surface area contributed by atoms with E-state index in [9.17, 15) is 19.8 Å². The van der Waals surface area contributed by atoms with E-state index >= 15 is 0 Å². The summed E-state index contributed by atoms with van der Waals surface area (Å²) in [6.07, 6.45) is -0.648. The maximum absolute atomic E-state index is 12.3. The van der Waals surface area contributed by atoms with Crippen LogP contribution in [0.1, 0.15) is 56.3 Å². The lowest BCUT2D eigenvalue weighted by Gasteiger charge is -2.33. The van der Waals surface area contributed by atoms with Crippen molar-refractivity contribution in [3.05, 3.63) is 137 Å². The highest BCUT2D eigenvalue weighted by molar-refractivity contribution is 6.39. The van der Waals surface area contributed by atoms with Gasteiger partial charge in [-0.2, -0.15) is 10.2 Å². The van der Waals surface area contributed by atoms with E-state index in [0.717, 1.165) is 70.7 Å². The summed E-state index contributed by atoms with van der Waals surface area (Å²) in [5.41, 5.74) is 9.45. The van der Waals surface area contributed by atoms with Gasteiger partial charge < -0.3 is 89.7 Å². The minimum atomic E-state index is -1.98. The number of hydrogen-bond acceptors (Lipinski definition) is 22. The minimum Gasteiger partial charge on any atom is -0.380 e. The predicted molar refractivity (Wildman–Crippen MR) is 357 cm³/mol. The number of aliphatic imine (C=N–C) groups is 2. The third-order valence-electron chi connectivity index (χ3n) is 14.5. The van der Waals surface area contributed by atoms with Crippen molar-refractivity contribution < 1.29 is 67.2 Å². The summed E-state index contributed by atoms with van der Waals surface area (Å²) in [5, 5.41) is 35.7. The molecule has 2 amide bonds. The van der Waals surface area contributed by atoms with Crippen LogP contribution < -0.4 is 22.3 Å². The second-order valence-electron chi connectivity index (χ2n) is 21.4. The molecule has 0 aromatic heterocycles. The molecule has 0 radical (unpaired) electrons. The van der Waals surface area contributed by atoms with Crippen LogP contribution in [-0.4, -0.2) is 253 Å². The average molecular weight is 1360 g/mol. The number of halogens is 4. The Kier molecular flexibility index (Phi) is 35.9. The van der Waals surface area contributed by atoms with Crippen molar-refractivity contribution >= 4 is 82.1 Å². The number of nitrogens with zero attached hydrogens (tertiary/aromatic N) is 6. The zero-order valence-corrected chi connectivity index (χ0v) is 55.4. The zero-order chi connectivity index (χ0) is 65.7. The van der Waals surface area contributed by atoms with E-state index in [-0.39, 0.29) is 51.4 Å².